The molecule has 0 aliphatic carbocycles. The molecule has 0 aliphatic heterocycles. The zero-order valence-electron chi connectivity index (χ0n) is 10.3. The molecule has 0 amide bonds. The summed E-state index contributed by atoms with van der Waals surface area (Å²) >= 11 is 1.88. The quantitative estimate of drug-likeness (QED) is 0.869. The smallest absolute Gasteiger partial charge is 0.134 e. The largest absolute Gasteiger partial charge is 0.367 e. The van der Waals surface area contributed by atoms with Crippen molar-refractivity contribution in [3.8, 4) is 0 Å². The Labute approximate surface area is 107 Å². The summed E-state index contributed by atoms with van der Waals surface area (Å²) in [6.07, 6.45) is 5.17. The number of aromatic nitrogens is 1. The van der Waals surface area contributed by atoms with Crippen LogP contribution in [0.2, 0.25) is 0 Å². The first-order chi connectivity index (χ1) is 8.31. The lowest BCUT2D eigenvalue weighted by Gasteiger charge is -2.15. The first-order valence-corrected chi connectivity index (χ1v) is 7.30. The van der Waals surface area contributed by atoms with E-state index < -0.39 is 0 Å². The average molecular weight is 246 g/mol. The minimum Gasteiger partial charge on any atom is -0.367 e. The maximum atomic E-state index is 4.44. The van der Waals surface area contributed by atoms with Gasteiger partial charge in [0, 0.05) is 17.6 Å². The van der Waals surface area contributed by atoms with Gasteiger partial charge < -0.3 is 5.32 Å². The number of nitrogens with one attached hydrogen (secondary N) is 1. The lowest BCUT2D eigenvalue weighted by Crippen LogP contribution is -2.16. The Kier molecular flexibility index (Phi) is 4.26. The lowest BCUT2D eigenvalue weighted by molar-refractivity contribution is 0.768. The summed E-state index contributed by atoms with van der Waals surface area (Å²) in [4.78, 5) is 4.44. The number of fused-ring (bicyclic) bond motifs is 1. The van der Waals surface area contributed by atoms with Gasteiger partial charge in [-0.15, -0.1) is 0 Å². The molecule has 0 radical (unpaired) electrons. The Hall–Kier alpha value is -1.22. The summed E-state index contributed by atoms with van der Waals surface area (Å²) in [5.41, 5.74) is 0. The summed E-state index contributed by atoms with van der Waals surface area (Å²) in [5.74, 6) is 2.18. The first-order valence-electron chi connectivity index (χ1n) is 5.90. The Morgan fingerprint density at radius 2 is 2.12 bits per heavy atom. The fourth-order valence-electron chi connectivity index (χ4n) is 1.83. The summed E-state index contributed by atoms with van der Waals surface area (Å²) in [7, 11) is 0. The van der Waals surface area contributed by atoms with Gasteiger partial charge >= 0.3 is 0 Å². The molecular formula is C14H18N2S. The average Bonchev–Trinajstić information content (AvgIpc) is 2.37. The molecule has 1 unspecified atom stereocenters. The van der Waals surface area contributed by atoms with Gasteiger partial charge in [-0.1, -0.05) is 24.3 Å². The van der Waals surface area contributed by atoms with Crippen molar-refractivity contribution in [3.63, 3.8) is 0 Å². The van der Waals surface area contributed by atoms with Gasteiger partial charge in [-0.05, 0) is 36.8 Å². The highest BCUT2D eigenvalue weighted by Gasteiger charge is 2.05. The number of thioether (sulfide) groups is 1. The van der Waals surface area contributed by atoms with E-state index in [4.69, 9.17) is 0 Å². The third kappa shape index (κ3) is 3.13. The van der Waals surface area contributed by atoms with Gasteiger partial charge in [0.2, 0.25) is 0 Å². The van der Waals surface area contributed by atoms with Crippen molar-refractivity contribution >= 4 is 28.4 Å². The summed E-state index contributed by atoms with van der Waals surface area (Å²) < 4.78 is 0. The molecule has 3 heteroatoms. The lowest BCUT2D eigenvalue weighted by atomic mass is 10.1. The molecule has 1 N–H and O–H groups in total. The van der Waals surface area contributed by atoms with Crippen LogP contribution in [0.15, 0.2) is 36.5 Å². The molecule has 1 atom stereocenters. The van der Waals surface area contributed by atoms with Crippen molar-refractivity contribution in [2.45, 2.75) is 19.4 Å². The molecule has 1 aromatic carbocycles. The maximum absolute atomic E-state index is 4.44. The number of pyridine rings is 1. The molecule has 2 aromatic rings. The maximum Gasteiger partial charge on any atom is 0.134 e. The van der Waals surface area contributed by atoms with Gasteiger partial charge in [-0.3, -0.25) is 0 Å². The second kappa shape index (κ2) is 5.92. The van der Waals surface area contributed by atoms with Crippen molar-refractivity contribution < 1.29 is 0 Å². The van der Waals surface area contributed by atoms with E-state index in [1.807, 2.05) is 24.0 Å². The minimum atomic E-state index is 0.459. The van der Waals surface area contributed by atoms with E-state index in [0.29, 0.717) is 6.04 Å². The number of nitrogens with zero attached hydrogens (tertiary/aromatic N) is 1. The Balaban J connectivity index is 2.18. The third-order valence-corrected chi connectivity index (χ3v) is 3.46. The molecule has 1 aromatic heterocycles. The topological polar surface area (TPSA) is 24.9 Å². The number of hydrogen-bond acceptors (Lipinski definition) is 3. The standard InChI is InChI=1S/C14H18N2S/c1-11(8-10-17-2)16-14-13-6-4-3-5-12(13)7-9-15-14/h3-7,9,11H,8,10H2,1-2H3,(H,15,16). The molecule has 17 heavy (non-hydrogen) atoms. The van der Waals surface area contributed by atoms with Crippen molar-refractivity contribution in [2.24, 2.45) is 0 Å². The SMILES string of the molecule is CSCCC(C)Nc1nccc2ccccc12. The minimum absolute atomic E-state index is 0.459. The number of rotatable bonds is 5. The third-order valence-electron chi connectivity index (χ3n) is 2.81. The summed E-state index contributed by atoms with van der Waals surface area (Å²) in [5, 5.41) is 5.93. The Morgan fingerprint density at radius 1 is 1.29 bits per heavy atom. The van der Waals surface area contributed by atoms with E-state index in [2.05, 4.69) is 47.7 Å². The predicted molar refractivity (Wildman–Crippen MR) is 77.8 cm³/mol. The molecule has 0 fully saturated rings. The van der Waals surface area contributed by atoms with Crippen molar-refractivity contribution in [3.05, 3.63) is 36.5 Å². The van der Waals surface area contributed by atoms with Gasteiger partial charge in [-0.2, -0.15) is 11.8 Å². The van der Waals surface area contributed by atoms with Crippen LogP contribution >= 0.6 is 11.8 Å². The monoisotopic (exact) mass is 246 g/mol. The van der Waals surface area contributed by atoms with E-state index in [0.717, 1.165) is 12.2 Å². The molecular weight excluding hydrogens is 228 g/mol. The van der Waals surface area contributed by atoms with Gasteiger partial charge in [0.05, 0.1) is 0 Å². The molecule has 2 nitrogen and oxygen atoms in total. The Morgan fingerprint density at radius 3 is 2.94 bits per heavy atom. The first kappa shape index (κ1) is 12.2. The summed E-state index contributed by atoms with van der Waals surface area (Å²) in [6.45, 7) is 2.21. The molecule has 2 rings (SSSR count). The van der Waals surface area contributed by atoms with E-state index in [1.54, 1.807) is 0 Å². The fraction of sp³-hybridized carbons (Fsp3) is 0.357. The van der Waals surface area contributed by atoms with Crippen LogP contribution < -0.4 is 5.32 Å². The van der Waals surface area contributed by atoms with Crippen molar-refractivity contribution in [1.29, 1.82) is 0 Å². The van der Waals surface area contributed by atoms with Crippen LogP contribution in [-0.4, -0.2) is 23.0 Å². The van der Waals surface area contributed by atoms with Gasteiger partial charge in [0.1, 0.15) is 5.82 Å². The van der Waals surface area contributed by atoms with Gasteiger partial charge in [0.15, 0.2) is 0 Å². The zero-order chi connectivity index (χ0) is 12.1. The van der Waals surface area contributed by atoms with Gasteiger partial charge in [-0.25, -0.2) is 4.98 Å². The number of hydrogen-bond donors (Lipinski definition) is 1. The second-order valence-electron chi connectivity index (χ2n) is 4.21. The predicted octanol–water partition coefficient (Wildman–Crippen LogP) is 3.79. The van der Waals surface area contributed by atoms with E-state index >= 15 is 0 Å². The van der Waals surface area contributed by atoms with Crippen LogP contribution in [-0.2, 0) is 0 Å². The van der Waals surface area contributed by atoms with Crippen LogP contribution in [0.25, 0.3) is 10.8 Å². The summed E-state index contributed by atoms with van der Waals surface area (Å²) in [6, 6.07) is 10.9. The van der Waals surface area contributed by atoms with Crippen LogP contribution in [0.3, 0.4) is 0 Å². The number of anilines is 1. The highest BCUT2D eigenvalue weighted by Crippen LogP contribution is 2.21. The zero-order valence-corrected chi connectivity index (χ0v) is 11.1. The van der Waals surface area contributed by atoms with Crippen LogP contribution in [0.5, 0.6) is 0 Å². The van der Waals surface area contributed by atoms with Crippen molar-refractivity contribution in [2.75, 3.05) is 17.3 Å². The normalized spacial score (nSPS) is 12.6. The van der Waals surface area contributed by atoms with Gasteiger partial charge in [0.25, 0.3) is 0 Å². The van der Waals surface area contributed by atoms with Crippen LogP contribution in [0.1, 0.15) is 13.3 Å². The second-order valence-corrected chi connectivity index (χ2v) is 5.19. The molecule has 0 spiro atoms. The molecule has 0 saturated heterocycles. The molecule has 0 aliphatic rings. The molecule has 1 heterocycles. The fourth-order valence-corrected chi connectivity index (χ4v) is 2.42. The van der Waals surface area contributed by atoms with Crippen LogP contribution in [0, 0.1) is 0 Å². The molecule has 0 bridgehead atoms. The van der Waals surface area contributed by atoms with E-state index in [1.165, 1.54) is 16.5 Å². The van der Waals surface area contributed by atoms with E-state index in [-0.39, 0.29) is 0 Å². The number of benzene rings is 1. The van der Waals surface area contributed by atoms with Crippen LogP contribution in [0.4, 0.5) is 5.82 Å². The molecule has 0 saturated carbocycles. The Bertz CT molecular complexity index is 479. The van der Waals surface area contributed by atoms with E-state index in [9.17, 15) is 0 Å². The van der Waals surface area contributed by atoms with Crippen molar-refractivity contribution in [1.82, 2.24) is 4.98 Å². The highest BCUT2D eigenvalue weighted by molar-refractivity contribution is 7.98. The highest BCUT2D eigenvalue weighted by atomic mass is 32.2. The molecule has 90 valence electrons.